The van der Waals surface area contributed by atoms with Crippen molar-refractivity contribution in [3.8, 4) is 0 Å². The summed E-state index contributed by atoms with van der Waals surface area (Å²) in [7, 11) is 0. The maximum atomic E-state index is 12.0. The van der Waals surface area contributed by atoms with Crippen molar-refractivity contribution in [3.05, 3.63) is 0 Å². The number of nitrogens with two attached hydrogens (primary N) is 1. The molecule has 1 rings (SSSR count). The maximum Gasteiger partial charge on any atom is 0.239 e. The molecule has 1 fully saturated rings. The number of rotatable bonds is 3. The van der Waals surface area contributed by atoms with E-state index < -0.39 is 0 Å². The molecule has 2 N–H and O–H groups in total. The second kappa shape index (κ2) is 5.47. The molecule has 0 aromatic heterocycles. The van der Waals surface area contributed by atoms with Crippen LogP contribution in [-0.4, -0.2) is 42.1 Å². The van der Waals surface area contributed by atoms with Gasteiger partial charge < -0.3 is 15.4 Å². The maximum absolute atomic E-state index is 12.0. The lowest BCUT2D eigenvalue weighted by Crippen LogP contribution is -2.55. The molecule has 1 amide bonds. The zero-order valence-electron chi connectivity index (χ0n) is 9.90. The van der Waals surface area contributed by atoms with Crippen LogP contribution in [0.2, 0.25) is 0 Å². The third-order valence-corrected chi connectivity index (χ3v) is 2.98. The summed E-state index contributed by atoms with van der Waals surface area (Å²) in [5.74, 6) is 0.0690. The molecule has 3 atom stereocenters. The van der Waals surface area contributed by atoms with Gasteiger partial charge in [0, 0.05) is 6.54 Å². The van der Waals surface area contributed by atoms with Crippen molar-refractivity contribution in [1.82, 2.24) is 4.90 Å². The van der Waals surface area contributed by atoms with Crippen LogP contribution >= 0.6 is 0 Å². The topological polar surface area (TPSA) is 55.6 Å². The molecule has 1 heterocycles. The number of morpholine rings is 1. The summed E-state index contributed by atoms with van der Waals surface area (Å²) in [5, 5.41) is 0. The third-order valence-electron chi connectivity index (χ3n) is 2.98. The van der Waals surface area contributed by atoms with Crippen molar-refractivity contribution in [3.63, 3.8) is 0 Å². The highest BCUT2D eigenvalue weighted by Gasteiger charge is 2.31. The minimum absolute atomic E-state index is 0.0690. The Kier molecular flexibility index (Phi) is 4.54. The fourth-order valence-electron chi connectivity index (χ4n) is 1.84. The van der Waals surface area contributed by atoms with E-state index in [1.807, 2.05) is 18.7 Å². The number of nitrogens with zero attached hydrogens (tertiary/aromatic N) is 1. The molecule has 2 unspecified atom stereocenters. The van der Waals surface area contributed by atoms with Crippen LogP contribution in [0.4, 0.5) is 0 Å². The first-order chi connectivity index (χ1) is 7.10. The third kappa shape index (κ3) is 2.92. The average Bonchev–Trinajstić information content (AvgIpc) is 2.27. The van der Waals surface area contributed by atoms with Crippen molar-refractivity contribution in [2.75, 3.05) is 13.2 Å². The fraction of sp³-hybridized carbons (Fsp3) is 0.909. The van der Waals surface area contributed by atoms with Crippen molar-refractivity contribution in [1.29, 1.82) is 0 Å². The molecule has 0 aromatic carbocycles. The highest BCUT2D eigenvalue weighted by atomic mass is 16.5. The van der Waals surface area contributed by atoms with E-state index in [-0.39, 0.29) is 24.1 Å². The van der Waals surface area contributed by atoms with E-state index in [0.29, 0.717) is 19.6 Å². The van der Waals surface area contributed by atoms with E-state index in [1.54, 1.807) is 0 Å². The van der Waals surface area contributed by atoms with Gasteiger partial charge in [-0.15, -0.1) is 0 Å². The summed E-state index contributed by atoms with van der Waals surface area (Å²) in [5.41, 5.74) is 5.78. The molecule has 88 valence electrons. The number of carbonyl (C=O) groups is 1. The molecule has 0 bridgehead atoms. The largest absolute Gasteiger partial charge is 0.375 e. The van der Waals surface area contributed by atoms with E-state index >= 15 is 0 Å². The van der Waals surface area contributed by atoms with E-state index in [1.165, 1.54) is 0 Å². The molecule has 1 saturated heterocycles. The molecule has 0 spiro atoms. The van der Waals surface area contributed by atoms with Crippen LogP contribution in [-0.2, 0) is 9.53 Å². The Morgan fingerprint density at radius 2 is 2.27 bits per heavy atom. The summed E-state index contributed by atoms with van der Waals surface area (Å²) in [6.45, 7) is 7.31. The van der Waals surface area contributed by atoms with Gasteiger partial charge in [-0.2, -0.15) is 0 Å². The van der Waals surface area contributed by atoms with Crippen LogP contribution in [0, 0.1) is 0 Å². The summed E-state index contributed by atoms with van der Waals surface area (Å²) in [4.78, 5) is 13.9. The number of amides is 1. The van der Waals surface area contributed by atoms with E-state index in [9.17, 15) is 4.79 Å². The van der Waals surface area contributed by atoms with Crippen LogP contribution in [0.3, 0.4) is 0 Å². The molecule has 15 heavy (non-hydrogen) atoms. The first-order valence-electron chi connectivity index (χ1n) is 5.77. The van der Waals surface area contributed by atoms with Gasteiger partial charge in [-0.05, 0) is 19.8 Å². The van der Waals surface area contributed by atoms with Crippen molar-refractivity contribution in [2.45, 2.75) is 51.8 Å². The Balaban J connectivity index is 2.66. The highest BCUT2D eigenvalue weighted by Crippen LogP contribution is 2.15. The highest BCUT2D eigenvalue weighted by molar-refractivity contribution is 5.82. The Labute approximate surface area is 91.8 Å². The number of hydrogen-bond acceptors (Lipinski definition) is 3. The lowest BCUT2D eigenvalue weighted by molar-refractivity contribution is -0.145. The first kappa shape index (κ1) is 12.5. The summed E-state index contributed by atoms with van der Waals surface area (Å²) in [6.07, 6.45) is 1.75. The van der Waals surface area contributed by atoms with Gasteiger partial charge >= 0.3 is 0 Å². The van der Waals surface area contributed by atoms with Gasteiger partial charge in [-0.25, -0.2) is 0 Å². The predicted octanol–water partition coefficient (Wildman–Crippen LogP) is 0.750. The second-order valence-corrected chi connectivity index (χ2v) is 4.21. The minimum atomic E-state index is -0.357. The lowest BCUT2D eigenvalue weighted by atomic mass is 10.1. The summed E-state index contributed by atoms with van der Waals surface area (Å²) >= 11 is 0. The Bertz CT molecular complexity index is 221. The second-order valence-electron chi connectivity index (χ2n) is 4.21. The molecule has 1 aliphatic rings. The molecular formula is C11H22N2O2. The van der Waals surface area contributed by atoms with E-state index in [0.717, 1.165) is 6.42 Å². The number of ether oxygens (including phenoxy) is 1. The molecule has 4 heteroatoms. The van der Waals surface area contributed by atoms with Gasteiger partial charge in [0.15, 0.2) is 0 Å². The molecule has 0 aromatic rings. The normalized spacial score (nSPS) is 28.9. The van der Waals surface area contributed by atoms with Gasteiger partial charge in [-0.3, -0.25) is 4.79 Å². The molecule has 1 aliphatic heterocycles. The lowest BCUT2D eigenvalue weighted by Gasteiger charge is -2.39. The Hall–Kier alpha value is -0.610. The van der Waals surface area contributed by atoms with Gasteiger partial charge in [-0.1, -0.05) is 13.8 Å². The van der Waals surface area contributed by atoms with Crippen LogP contribution in [0.1, 0.15) is 33.6 Å². The number of carbonyl (C=O) groups excluding carboxylic acids is 1. The van der Waals surface area contributed by atoms with Gasteiger partial charge in [0.25, 0.3) is 0 Å². The Morgan fingerprint density at radius 1 is 1.60 bits per heavy atom. The van der Waals surface area contributed by atoms with Crippen molar-refractivity contribution < 1.29 is 9.53 Å². The smallest absolute Gasteiger partial charge is 0.239 e. The van der Waals surface area contributed by atoms with Crippen molar-refractivity contribution in [2.24, 2.45) is 5.73 Å². The van der Waals surface area contributed by atoms with Gasteiger partial charge in [0.05, 0.1) is 24.8 Å². The van der Waals surface area contributed by atoms with Crippen LogP contribution in [0.5, 0.6) is 0 Å². The van der Waals surface area contributed by atoms with Gasteiger partial charge in [0.1, 0.15) is 0 Å². The molecule has 0 radical (unpaired) electrons. The minimum Gasteiger partial charge on any atom is -0.375 e. The van der Waals surface area contributed by atoms with Gasteiger partial charge in [0.2, 0.25) is 5.91 Å². The van der Waals surface area contributed by atoms with E-state index in [2.05, 4.69) is 6.92 Å². The Morgan fingerprint density at radius 3 is 2.80 bits per heavy atom. The average molecular weight is 214 g/mol. The fourth-order valence-corrected chi connectivity index (χ4v) is 1.84. The quantitative estimate of drug-likeness (QED) is 0.754. The molecular weight excluding hydrogens is 192 g/mol. The predicted molar refractivity (Wildman–Crippen MR) is 59.5 cm³/mol. The molecule has 0 saturated carbocycles. The molecule has 4 nitrogen and oxygen atoms in total. The van der Waals surface area contributed by atoms with E-state index in [4.69, 9.17) is 10.5 Å². The van der Waals surface area contributed by atoms with Crippen molar-refractivity contribution >= 4 is 5.91 Å². The first-order valence-corrected chi connectivity index (χ1v) is 5.77. The zero-order valence-corrected chi connectivity index (χ0v) is 9.90. The summed E-state index contributed by atoms with van der Waals surface area (Å²) in [6, 6.07) is -0.157. The molecule has 0 aliphatic carbocycles. The number of hydrogen-bond donors (Lipinski definition) is 1. The van der Waals surface area contributed by atoms with Crippen LogP contribution in [0.25, 0.3) is 0 Å². The SMILES string of the molecule is CCC1COC(C)CN1C(=O)[C@@H](N)CC. The monoisotopic (exact) mass is 214 g/mol. The van der Waals surface area contributed by atoms with Crippen LogP contribution in [0.15, 0.2) is 0 Å². The standard InChI is InChI=1S/C11H22N2O2/c1-4-9-7-15-8(3)6-13(9)11(14)10(12)5-2/h8-10H,4-7,12H2,1-3H3/t8?,9?,10-/m0/s1. The summed E-state index contributed by atoms with van der Waals surface area (Å²) < 4.78 is 5.54. The zero-order chi connectivity index (χ0) is 11.4. The van der Waals surface area contributed by atoms with Crippen LogP contribution < -0.4 is 5.73 Å².